The molecule has 4 rings (SSSR count). The van der Waals surface area contributed by atoms with Crippen molar-refractivity contribution in [2.24, 2.45) is 4.99 Å². The van der Waals surface area contributed by atoms with Gasteiger partial charge in [0, 0.05) is 63.3 Å². The van der Waals surface area contributed by atoms with Crippen molar-refractivity contribution < 1.29 is 4.79 Å². The van der Waals surface area contributed by atoms with Gasteiger partial charge in [-0.15, -0.1) is 0 Å². The second kappa shape index (κ2) is 8.92. The summed E-state index contributed by atoms with van der Waals surface area (Å²) in [5.41, 5.74) is 1.50. The number of nitrogens with zero attached hydrogens (tertiary/aromatic N) is 4. The maximum Gasteiger partial charge on any atom is 0.236 e. The van der Waals surface area contributed by atoms with Crippen LogP contribution in [0.3, 0.4) is 0 Å². The number of benzene rings is 1. The molecule has 0 radical (unpaired) electrons. The van der Waals surface area contributed by atoms with Crippen molar-refractivity contribution in [1.82, 2.24) is 20.0 Å². The van der Waals surface area contributed by atoms with Crippen LogP contribution in [0, 0.1) is 0 Å². The molecule has 7 heteroatoms. The Hall–Kier alpha value is -1.79. The third kappa shape index (κ3) is 4.86. The molecule has 0 atom stereocenters. The Morgan fingerprint density at radius 2 is 1.83 bits per heavy atom. The lowest BCUT2D eigenvalue weighted by Gasteiger charge is -2.37. The smallest absolute Gasteiger partial charge is 0.236 e. The van der Waals surface area contributed by atoms with Gasteiger partial charge in [-0.05, 0) is 43.4 Å². The molecule has 2 saturated heterocycles. The van der Waals surface area contributed by atoms with Gasteiger partial charge in [-0.25, -0.2) is 0 Å². The number of carbonyl (C=O) groups is 1. The largest absolute Gasteiger partial charge is 0.355 e. The molecule has 3 fully saturated rings. The van der Waals surface area contributed by atoms with E-state index in [-0.39, 0.29) is 11.3 Å². The Morgan fingerprint density at radius 3 is 2.45 bits per heavy atom. The second-order valence-electron chi connectivity index (χ2n) is 8.54. The molecule has 3 aliphatic rings. The Bertz CT molecular complexity index is 749. The van der Waals surface area contributed by atoms with E-state index >= 15 is 0 Å². The van der Waals surface area contributed by atoms with E-state index in [0.29, 0.717) is 6.54 Å². The first kappa shape index (κ1) is 20.5. The van der Waals surface area contributed by atoms with Crippen LogP contribution in [0.15, 0.2) is 29.3 Å². The zero-order valence-corrected chi connectivity index (χ0v) is 18.1. The topological polar surface area (TPSA) is 51.2 Å². The number of nitrogens with one attached hydrogen (secondary N) is 1. The quantitative estimate of drug-likeness (QED) is 0.589. The summed E-state index contributed by atoms with van der Waals surface area (Å²) in [6.45, 7) is 6.91. The summed E-state index contributed by atoms with van der Waals surface area (Å²) in [5, 5.41) is 4.40. The fourth-order valence-corrected chi connectivity index (χ4v) is 4.68. The molecule has 6 nitrogen and oxygen atoms in total. The molecule has 2 heterocycles. The molecule has 1 saturated carbocycles. The molecule has 0 bridgehead atoms. The third-order valence-electron chi connectivity index (χ3n) is 6.58. The van der Waals surface area contributed by atoms with E-state index < -0.39 is 0 Å². The Balaban J connectivity index is 1.26. The summed E-state index contributed by atoms with van der Waals surface area (Å²) in [4.78, 5) is 23.5. The number of piperazine rings is 1. The average Bonchev–Trinajstić information content (AvgIpc) is 3.32. The van der Waals surface area contributed by atoms with Gasteiger partial charge in [-0.3, -0.25) is 14.7 Å². The van der Waals surface area contributed by atoms with E-state index in [1.807, 2.05) is 24.1 Å². The lowest BCUT2D eigenvalue weighted by molar-refractivity contribution is -0.131. The Morgan fingerprint density at radius 1 is 1.10 bits per heavy atom. The zero-order valence-electron chi connectivity index (χ0n) is 17.4. The molecule has 1 amide bonds. The lowest BCUT2D eigenvalue weighted by Crippen LogP contribution is -2.54. The average molecular weight is 418 g/mol. The minimum atomic E-state index is 0.185. The van der Waals surface area contributed by atoms with Gasteiger partial charge < -0.3 is 15.1 Å². The summed E-state index contributed by atoms with van der Waals surface area (Å²) in [7, 11) is 1.85. The Kier molecular flexibility index (Phi) is 6.30. The van der Waals surface area contributed by atoms with Gasteiger partial charge in [0.1, 0.15) is 0 Å². The van der Waals surface area contributed by atoms with Crippen molar-refractivity contribution in [3.8, 4) is 0 Å². The SMILES string of the molecule is CN=C(NCC1(c2cccc(Cl)c2)CC1)N1CCN(CC(=O)N2CCCC2)CC1. The number of guanidine groups is 1. The number of carbonyl (C=O) groups excluding carboxylic acids is 1. The molecule has 0 unspecified atom stereocenters. The van der Waals surface area contributed by atoms with E-state index in [9.17, 15) is 4.79 Å². The number of hydrogen-bond acceptors (Lipinski definition) is 3. The van der Waals surface area contributed by atoms with Gasteiger partial charge in [-0.2, -0.15) is 0 Å². The monoisotopic (exact) mass is 417 g/mol. The lowest BCUT2D eigenvalue weighted by atomic mass is 9.96. The van der Waals surface area contributed by atoms with Crippen LogP contribution in [0.1, 0.15) is 31.2 Å². The molecule has 1 N–H and O–H groups in total. The number of likely N-dealkylation sites (tertiary alicyclic amines) is 1. The van der Waals surface area contributed by atoms with Crippen LogP contribution in [-0.2, 0) is 10.2 Å². The number of amides is 1. The van der Waals surface area contributed by atoms with Crippen LogP contribution in [0.4, 0.5) is 0 Å². The minimum absolute atomic E-state index is 0.185. The second-order valence-corrected chi connectivity index (χ2v) is 8.98. The standard InChI is InChI=1S/C22H32ClN5O/c1-24-21(25-17-22(7-8-22)18-5-4-6-19(23)15-18)28-13-11-26(12-14-28)16-20(29)27-9-2-3-10-27/h4-6,15H,2-3,7-14,16-17H2,1H3,(H,24,25). The molecule has 158 valence electrons. The first-order valence-electron chi connectivity index (χ1n) is 10.8. The zero-order chi connectivity index (χ0) is 20.3. The maximum absolute atomic E-state index is 12.4. The highest BCUT2D eigenvalue weighted by Crippen LogP contribution is 2.48. The van der Waals surface area contributed by atoms with Crippen molar-refractivity contribution in [3.63, 3.8) is 0 Å². The molecule has 1 aliphatic carbocycles. The fourth-order valence-electron chi connectivity index (χ4n) is 4.49. The molecule has 2 aliphatic heterocycles. The number of rotatable bonds is 5. The van der Waals surface area contributed by atoms with Gasteiger partial charge in [0.05, 0.1) is 6.54 Å². The number of aliphatic imine (C=N–C) groups is 1. The van der Waals surface area contributed by atoms with E-state index in [1.165, 1.54) is 18.4 Å². The van der Waals surface area contributed by atoms with Crippen LogP contribution in [0.25, 0.3) is 0 Å². The first-order valence-corrected chi connectivity index (χ1v) is 11.2. The van der Waals surface area contributed by atoms with Gasteiger partial charge >= 0.3 is 0 Å². The normalized spacial score (nSPS) is 22.1. The van der Waals surface area contributed by atoms with Gasteiger partial charge in [0.25, 0.3) is 0 Å². The van der Waals surface area contributed by atoms with E-state index in [2.05, 4.69) is 32.2 Å². The molecular weight excluding hydrogens is 386 g/mol. The molecule has 0 spiro atoms. The molecule has 1 aromatic carbocycles. The maximum atomic E-state index is 12.4. The van der Waals surface area contributed by atoms with E-state index in [4.69, 9.17) is 11.6 Å². The van der Waals surface area contributed by atoms with Crippen molar-refractivity contribution in [1.29, 1.82) is 0 Å². The first-order chi connectivity index (χ1) is 14.1. The molecule has 29 heavy (non-hydrogen) atoms. The summed E-state index contributed by atoms with van der Waals surface area (Å²) in [6, 6.07) is 8.24. The third-order valence-corrected chi connectivity index (χ3v) is 6.81. The summed E-state index contributed by atoms with van der Waals surface area (Å²) >= 11 is 6.20. The van der Waals surface area contributed by atoms with E-state index in [1.54, 1.807) is 0 Å². The highest BCUT2D eigenvalue weighted by Gasteiger charge is 2.44. The van der Waals surface area contributed by atoms with Crippen molar-refractivity contribution in [2.75, 3.05) is 59.4 Å². The summed E-state index contributed by atoms with van der Waals surface area (Å²) in [6.07, 6.45) is 4.67. The summed E-state index contributed by atoms with van der Waals surface area (Å²) < 4.78 is 0. The molecular formula is C22H32ClN5O. The van der Waals surface area contributed by atoms with Crippen LogP contribution >= 0.6 is 11.6 Å². The number of hydrogen-bond donors (Lipinski definition) is 1. The van der Waals surface area contributed by atoms with Crippen LogP contribution in [0.2, 0.25) is 5.02 Å². The van der Waals surface area contributed by atoms with Crippen molar-refractivity contribution in [3.05, 3.63) is 34.9 Å². The predicted octanol–water partition coefficient (Wildman–Crippen LogP) is 2.19. The minimum Gasteiger partial charge on any atom is -0.355 e. The molecule has 0 aromatic heterocycles. The van der Waals surface area contributed by atoms with Gasteiger partial charge in [0.2, 0.25) is 5.91 Å². The Labute approximate surface area is 178 Å². The number of halogens is 1. The van der Waals surface area contributed by atoms with Crippen LogP contribution in [0.5, 0.6) is 0 Å². The highest BCUT2D eigenvalue weighted by atomic mass is 35.5. The molecule has 1 aromatic rings. The van der Waals surface area contributed by atoms with Crippen LogP contribution in [-0.4, -0.2) is 86.0 Å². The predicted molar refractivity (Wildman–Crippen MR) is 118 cm³/mol. The van der Waals surface area contributed by atoms with Crippen LogP contribution < -0.4 is 5.32 Å². The van der Waals surface area contributed by atoms with Crippen molar-refractivity contribution in [2.45, 2.75) is 31.1 Å². The highest BCUT2D eigenvalue weighted by molar-refractivity contribution is 6.30. The van der Waals surface area contributed by atoms with Crippen molar-refractivity contribution >= 4 is 23.5 Å². The van der Waals surface area contributed by atoms with Gasteiger partial charge in [0.15, 0.2) is 5.96 Å². The summed E-state index contributed by atoms with van der Waals surface area (Å²) in [5.74, 6) is 1.25. The van der Waals surface area contributed by atoms with E-state index in [0.717, 1.165) is 69.6 Å². The van der Waals surface area contributed by atoms with Gasteiger partial charge in [-0.1, -0.05) is 23.7 Å². The fraction of sp³-hybridized carbons (Fsp3) is 0.636.